The van der Waals surface area contributed by atoms with Gasteiger partial charge in [-0.25, -0.2) is 0 Å². The molecule has 1 aliphatic heterocycles. The van der Waals surface area contributed by atoms with E-state index in [0.29, 0.717) is 35.2 Å². The molecule has 8 heteroatoms. The largest absolute Gasteiger partial charge is 0.356 e. The molecule has 0 fully saturated rings. The van der Waals surface area contributed by atoms with E-state index in [9.17, 15) is 9.59 Å². The number of nitrogens with one attached hydrogen (secondary N) is 2. The van der Waals surface area contributed by atoms with Crippen LogP contribution in [0.5, 0.6) is 0 Å². The van der Waals surface area contributed by atoms with Crippen LogP contribution >= 0.6 is 27.5 Å². The van der Waals surface area contributed by atoms with Gasteiger partial charge in [-0.3, -0.25) is 14.3 Å². The highest BCUT2D eigenvalue weighted by molar-refractivity contribution is 9.10. The Balaban J connectivity index is 1.74. The Morgan fingerprint density at radius 2 is 2.24 bits per heavy atom. The van der Waals surface area contributed by atoms with Crippen LogP contribution in [0.1, 0.15) is 29.4 Å². The number of amides is 2. The summed E-state index contributed by atoms with van der Waals surface area (Å²) in [5.74, 6) is 0.0657. The molecule has 0 spiro atoms. The number of aromatic nitrogens is 2. The number of rotatable bonds is 4. The number of anilines is 1. The van der Waals surface area contributed by atoms with Gasteiger partial charge in [-0.1, -0.05) is 11.6 Å². The number of aryl methyl sites for hydroxylation is 1. The average Bonchev–Trinajstić information content (AvgIpc) is 2.98. The third-order valence-electron chi connectivity index (χ3n) is 4.24. The maximum atomic E-state index is 12.7. The first kappa shape index (κ1) is 17.9. The van der Waals surface area contributed by atoms with E-state index in [1.165, 1.54) is 6.92 Å². The highest BCUT2D eigenvalue weighted by Crippen LogP contribution is 2.28. The topological polar surface area (TPSA) is 76.0 Å². The summed E-state index contributed by atoms with van der Waals surface area (Å²) in [5.41, 5.74) is 2.12. The SMILES string of the molecule is CC(=O)NCC1CCn2ncc(C(=O)Nc3ccc(Cl)cc3Br)c2C1. The summed E-state index contributed by atoms with van der Waals surface area (Å²) < 4.78 is 2.59. The fourth-order valence-electron chi connectivity index (χ4n) is 2.93. The van der Waals surface area contributed by atoms with Gasteiger partial charge in [0.15, 0.2) is 0 Å². The monoisotopic (exact) mass is 424 g/mol. The molecule has 2 aromatic rings. The molecule has 0 bridgehead atoms. The summed E-state index contributed by atoms with van der Waals surface area (Å²) in [5, 5.41) is 10.7. The molecular weight excluding hydrogens is 408 g/mol. The molecule has 0 radical (unpaired) electrons. The first-order valence-electron chi connectivity index (χ1n) is 7.99. The first-order chi connectivity index (χ1) is 11.9. The van der Waals surface area contributed by atoms with Crippen molar-refractivity contribution in [3.63, 3.8) is 0 Å². The van der Waals surface area contributed by atoms with E-state index in [2.05, 4.69) is 31.7 Å². The molecule has 1 aromatic carbocycles. The Morgan fingerprint density at radius 3 is 2.96 bits per heavy atom. The molecular formula is C17H18BrClN4O2. The summed E-state index contributed by atoms with van der Waals surface area (Å²) in [4.78, 5) is 23.8. The van der Waals surface area contributed by atoms with Crippen LogP contribution in [0.25, 0.3) is 0 Å². The zero-order valence-electron chi connectivity index (χ0n) is 13.7. The Labute approximate surface area is 159 Å². The molecule has 0 saturated heterocycles. The van der Waals surface area contributed by atoms with E-state index in [-0.39, 0.29) is 11.8 Å². The van der Waals surface area contributed by atoms with Crippen molar-refractivity contribution in [1.82, 2.24) is 15.1 Å². The Hall–Kier alpha value is -1.86. The van der Waals surface area contributed by atoms with E-state index in [1.807, 2.05) is 4.68 Å². The van der Waals surface area contributed by atoms with Crippen LogP contribution in [0, 0.1) is 5.92 Å². The molecule has 3 rings (SSSR count). The minimum absolute atomic E-state index is 0.0374. The summed E-state index contributed by atoms with van der Waals surface area (Å²) in [6.45, 7) is 2.87. The van der Waals surface area contributed by atoms with Crippen molar-refractivity contribution in [3.8, 4) is 0 Å². The van der Waals surface area contributed by atoms with Gasteiger partial charge < -0.3 is 10.6 Å². The van der Waals surface area contributed by atoms with Crippen molar-refractivity contribution in [3.05, 3.63) is 45.1 Å². The molecule has 6 nitrogen and oxygen atoms in total. The minimum atomic E-state index is -0.204. The van der Waals surface area contributed by atoms with Gasteiger partial charge in [-0.15, -0.1) is 0 Å². The van der Waals surface area contributed by atoms with Gasteiger partial charge in [-0.05, 0) is 52.9 Å². The first-order valence-corrected chi connectivity index (χ1v) is 9.16. The lowest BCUT2D eigenvalue weighted by Gasteiger charge is -2.24. The van der Waals surface area contributed by atoms with Gasteiger partial charge in [0.25, 0.3) is 5.91 Å². The fourth-order valence-corrected chi connectivity index (χ4v) is 3.71. The van der Waals surface area contributed by atoms with E-state index >= 15 is 0 Å². The van der Waals surface area contributed by atoms with Gasteiger partial charge in [0.05, 0.1) is 23.1 Å². The number of nitrogens with zero attached hydrogens (tertiary/aromatic N) is 2. The summed E-state index contributed by atoms with van der Waals surface area (Å²) >= 11 is 9.33. The smallest absolute Gasteiger partial charge is 0.259 e. The van der Waals surface area contributed by atoms with Crippen LogP contribution in [0.2, 0.25) is 5.02 Å². The third-order valence-corrected chi connectivity index (χ3v) is 5.13. The van der Waals surface area contributed by atoms with Crippen LogP contribution in [0.4, 0.5) is 5.69 Å². The van der Waals surface area contributed by atoms with E-state index < -0.39 is 0 Å². The van der Waals surface area contributed by atoms with Crippen LogP contribution < -0.4 is 10.6 Å². The minimum Gasteiger partial charge on any atom is -0.356 e. The Morgan fingerprint density at radius 1 is 1.44 bits per heavy atom. The molecule has 1 atom stereocenters. The van der Waals surface area contributed by atoms with Gasteiger partial charge in [0.2, 0.25) is 5.91 Å². The summed E-state index contributed by atoms with van der Waals surface area (Å²) in [6.07, 6.45) is 3.25. The lowest BCUT2D eigenvalue weighted by atomic mass is 9.94. The molecule has 1 aliphatic rings. The molecule has 25 heavy (non-hydrogen) atoms. The van der Waals surface area contributed by atoms with Gasteiger partial charge >= 0.3 is 0 Å². The number of halogens is 2. The third kappa shape index (κ3) is 4.22. The predicted octanol–water partition coefficient (Wildman–Crippen LogP) is 3.25. The van der Waals surface area contributed by atoms with E-state index in [1.54, 1.807) is 24.4 Å². The summed E-state index contributed by atoms with van der Waals surface area (Å²) in [7, 11) is 0. The number of hydrogen-bond acceptors (Lipinski definition) is 3. The number of fused-ring (bicyclic) bond motifs is 1. The van der Waals surface area contributed by atoms with Crippen LogP contribution in [0.15, 0.2) is 28.9 Å². The number of carbonyl (C=O) groups excluding carboxylic acids is 2. The quantitative estimate of drug-likeness (QED) is 0.789. The maximum absolute atomic E-state index is 12.7. The normalized spacial score (nSPS) is 16.2. The maximum Gasteiger partial charge on any atom is 0.259 e. The van der Waals surface area contributed by atoms with Crippen LogP contribution in [-0.4, -0.2) is 28.1 Å². The van der Waals surface area contributed by atoms with Crippen molar-refractivity contribution in [2.45, 2.75) is 26.3 Å². The molecule has 2 heterocycles. The predicted molar refractivity (Wildman–Crippen MR) is 99.8 cm³/mol. The van der Waals surface area contributed by atoms with Crippen molar-refractivity contribution < 1.29 is 9.59 Å². The number of benzene rings is 1. The number of carbonyl (C=O) groups is 2. The van der Waals surface area contributed by atoms with Crippen molar-refractivity contribution in [2.24, 2.45) is 5.92 Å². The lowest BCUT2D eigenvalue weighted by Crippen LogP contribution is -2.32. The molecule has 132 valence electrons. The van der Waals surface area contributed by atoms with E-state index in [4.69, 9.17) is 11.6 Å². The average molecular weight is 426 g/mol. The lowest BCUT2D eigenvalue weighted by molar-refractivity contribution is -0.119. The highest BCUT2D eigenvalue weighted by atomic mass is 79.9. The second kappa shape index (κ2) is 7.58. The summed E-state index contributed by atoms with van der Waals surface area (Å²) in [6, 6.07) is 5.20. The van der Waals surface area contributed by atoms with Crippen molar-refractivity contribution in [2.75, 3.05) is 11.9 Å². The zero-order chi connectivity index (χ0) is 18.0. The standard InChI is InChI=1S/C17H18BrClN4O2/c1-10(24)20-8-11-4-5-23-16(6-11)13(9-21-23)17(25)22-15-3-2-12(19)7-14(15)18/h2-3,7,9,11H,4-6,8H2,1H3,(H,20,24)(H,22,25). The second-order valence-corrected chi connectivity index (χ2v) is 7.39. The van der Waals surface area contributed by atoms with Crippen molar-refractivity contribution in [1.29, 1.82) is 0 Å². The molecule has 1 unspecified atom stereocenters. The zero-order valence-corrected chi connectivity index (χ0v) is 16.0. The van der Waals surface area contributed by atoms with E-state index in [0.717, 1.165) is 23.1 Å². The number of hydrogen-bond donors (Lipinski definition) is 2. The Kier molecular flexibility index (Phi) is 5.44. The molecule has 0 saturated carbocycles. The van der Waals surface area contributed by atoms with Crippen LogP contribution in [-0.2, 0) is 17.8 Å². The molecule has 2 amide bonds. The Bertz CT molecular complexity index is 821. The van der Waals surface area contributed by atoms with Crippen LogP contribution in [0.3, 0.4) is 0 Å². The highest BCUT2D eigenvalue weighted by Gasteiger charge is 2.25. The van der Waals surface area contributed by atoms with Gasteiger partial charge in [0.1, 0.15) is 0 Å². The molecule has 2 N–H and O–H groups in total. The van der Waals surface area contributed by atoms with Gasteiger partial charge in [0, 0.05) is 29.5 Å². The fraction of sp³-hybridized carbons (Fsp3) is 0.353. The van der Waals surface area contributed by atoms with Gasteiger partial charge in [-0.2, -0.15) is 5.10 Å². The second-order valence-electron chi connectivity index (χ2n) is 6.10. The molecule has 1 aromatic heterocycles. The van der Waals surface area contributed by atoms with Crippen molar-refractivity contribution >= 4 is 45.0 Å². The molecule has 0 aliphatic carbocycles.